The van der Waals surface area contributed by atoms with Gasteiger partial charge in [-0.1, -0.05) is 67.5 Å². The molecule has 0 saturated carbocycles. The molecule has 0 aliphatic heterocycles. The molecule has 0 saturated heterocycles. The van der Waals surface area contributed by atoms with E-state index in [2.05, 4.69) is 27.9 Å². The monoisotopic (exact) mass is 477 g/mol. The molecule has 3 aromatic rings. The molecule has 182 valence electrons. The molecule has 0 bridgehead atoms. The van der Waals surface area contributed by atoms with Crippen LogP contribution in [0.25, 0.3) is 11.1 Å². The number of nitrogens with zero attached hydrogens (tertiary/aromatic N) is 1. The Bertz CT molecular complexity index is 1200. The molecule has 2 amide bonds. The van der Waals surface area contributed by atoms with Crippen molar-refractivity contribution in [3.8, 4) is 11.1 Å². The zero-order chi connectivity index (χ0) is 25.0. The van der Waals surface area contributed by atoms with Gasteiger partial charge in [0, 0.05) is 18.5 Å². The number of aliphatic carboxylic acids is 1. The predicted octanol–water partition coefficient (Wildman–Crippen LogP) is 4.66. The number of fused-ring (bicyclic) bond motifs is 3. The van der Waals surface area contributed by atoms with Crippen molar-refractivity contribution in [3.05, 3.63) is 71.4 Å². The summed E-state index contributed by atoms with van der Waals surface area (Å²) in [5.41, 5.74) is 3.31. The fraction of sp³-hybridized carbons (Fsp3) is 0.308. The van der Waals surface area contributed by atoms with Gasteiger partial charge in [0.15, 0.2) is 5.69 Å². The van der Waals surface area contributed by atoms with Gasteiger partial charge in [0.05, 0.1) is 5.41 Å². The molecule has 0 unspecified atom stereocenters. The maximum Gasteiger partial charge on any atom is 0.414 e. The van der Waals surface area contributed by atoms with Gasteiger partial charge in [-0.05, 0) is 35.1 Å². The third-order valence-electron chi connectivity index (χ3n) is 6.71. The molecule has 35 heavy (non-hydrogen) atoms. The summed E-state index contributed by atoms with van der Waals surface area (Å²) in [5.74, 6) is -1.71. The lowest BCUT2D eigenvalue weighted by Crippen LogP contribution is -2.42. The van der Waals surface area contributed by atoms with E-state index in [-0.39, 0.29) is 30.6 Å². The number of anilines is 1. The second-order valence-corrected chi connectivity index (χ2v) is 8.50. The first kappa shape index (κ1) is 24.0. The molecular weight excluding hydrogens is 450 g/mol. The van der Waals surface area contributed by atoms with Gasteiger partial charge in [-0.2, -0.15) is 0 Å². The van der Waals surface area contributed by atoms with Crippen LogP contribution in [0, 0.1) is 5.41 Å². The first-order valence-electron chi connectivity index (χ1n) is 11.5. The van der Waals surface area contributed by atoms with E-state index in [4.69, 9.17) is 9.26 Å². The Morgan fingerprint density at radius 2 is 1.63 bits per heavy atom. The van der Waals surface area contributed by atoms with Gasteiger partial charge in [-0.15, -0.1) is 0 Å². The third-order valence-corrected chi connectivity index (χ3v) is 6.71. The Labute approximate surface area is 202 Å². The predicted molar refractivity (Wildman–Crippen MR) is 128 cm³/mol. The van der Waals surface area contributed by atoms with E-state index in [1.807, 2.05) is 36.4 Å². The molecular formula is C26H27N3O6. The topological polar surface area (TPSA) is 131 Å². The summed E-state index contributed by atoms with van der Waals surface area (Å²) in [4.78, 5) is 36.4. The Morgan fingerprint density at radius 3 is 2.20 bits per heavy atom. The van der Waals surface area contributed by atoms with Crippen LogP contribution >= 0.6 is 0 Å². The standard InChI is InChI=1S/C26H27N3O6/c1-3-26(4-2,24(31)32)15-27-23(30)21-13-22(35-29-21)28-25(33)34-14-20-18-11-7-5-9-16(18)17-10-6-8-12-19(17)20/h5-13,20H,3-4,14-15H2,1-2H3,(H,27,30)(H,28,33)(H,31,32). The minimum atomic E-state index is -1.05. The number of carbonyl (C=O) groups is 3. The lowest BCUT2D eigenvalue weighted by atomic mass is 9.82. The van der Waals surface area contributed by atoms with Crippen LogP contribution in [0.15, 0.2) is 59.1 Å². The number of carboxylic acid groups (broad SMARTS) is 1. The number of ether oxygens (including phenoxy) is 1. The van der Waals surface area contributed by atoms with Crippen LogP contribution in [-0.4, -0.2) is 41.4 Å². The molecule has 4 rings (SSSR count). The van der Waals surface area contributed by atoms with Crippen LogP contribution in [0.1, 0.15) is 54.2 Å². The zero-order valence-corrected chi connectivity index (χ0v) is 19.5. The van der Waals surface area contributed by atoms with E-state index in [0.29, 0.717) is 12.8 Å². The lowest BCUT2D eigenvalue weighted by Gasteiger charge is -2.26. The minimum Gasteiger partial charge on any atom is -0.481 e. The SMILES string of the molecule is CCC(CC)(CNC(=O)c1cc(NC(=O)OCC2c3ccccc3-c3ccccc32)on1)C(=O)O. The quantitative estimate of drug-likeness (QED) is 0.409. The highest BCUT2D eigenvalue weighted by Crippen LogP contribution is 2.44. The third kappa shape index (κ3) is 4.75. The second-order valence-electron chi connectivity index (χ2n) is 8.50. The van der Waals surface area contributed by atoms with Crippen molar-refractivity contribution in [3.63, 3.8) is 0 Å². The summed E-state index contributed by atoms with van der Waals surface area (Å²) in [6.07, 6.45) is -0.00389. The largest absolute Gasteiger partial charge is 0.481 e. The number of hydrogen-bond acceptors (Lipinski definition) is 6. The summed E-state index contributed by atoms with van der Waals surface area (Å²) < 4.78 is 10.5. The molecule has 1 aliphatic rings. The number of nitrogens with one attached hydrogen (secondary N) is 2. The number of hydrogen-bond donors (Lipinski definition) is 3. The van der Waals surface area contributed by atoms with E-state index in [0.717, 1.165) is 22.3 Å². The van der Waals surface area contributed by atoms with Gasteiger partial charge in [0.1, 0.15) is 6.61 Å². The van der Waals surface area contributed by atoms with Crippen molar-refractivity contribution in [2.24, 2.45) is 5.41 Å². The van der Waals surface area contributed by atoms with E-state index in [1.54, 1.807) is 13.8 Å². The molecule has 0 atom stereocenters. The van der Waals surface area contributed by atoms with E-state index < -0.39 is 23.4 Å². The van der Waals surface area contributed by atoms with E-state index >= 15 is 0 Å². The number of amides is 2. The van der Waals surface area contributed by atoms with Gasteiger partial charge in [0.2, 0.25) is 5.88 Å². The Kier molecular flexibility index (Phi) is 6.86. The highest BCUT2D eigenvalue weighted by molar-refractivity contribution is 5.94. The molecule has 9 heteroatoms. The van der Waals surface area contributed by atoms with Gasteiger partial charge in [0.25, 0.3) is 5.91 Å². The van der Waals surface area contributed by atoms with Crippen LogP contribution < -0.4 is 10.6 Å². The second kappa shape index (κ2) is 10.0. The molecule has 1 aliphatic carbocycles. The van der Waals surface area contributed by atoms with Crippen molar-refractivity contribution in [1.82, 2.24) is 10.5 Å². The Balaban J connectivity index is 1.34. The summed E-state index contributed by atoms with van der Waals surface area (Å²) in [6, 6.07) is 17.3. The van der Waals surface area contributed by atoms with Gasteiger partial charge >= 0.3 is 12.1 Å². The van der Waals surface area contributed by atoms with Gasteiger partial charge < -0.3 is 19.7 Å². The molecule has 0 spiro atoms. The molecule has 1 aromatic heterocycles. The van der Waals surface area contributed by atoms with Crippen LogP contribution in [0.2, 0.25) is 0 Å². The number of rotatable bonds is 9. The van der Waals surface area contributed by atoms with Crippen molar-refractivity contribution < 1.29 is 28.8 Å². The van der Waals surface area contributed by atoms with E-state index in [9.17, 15) is 19.5 Å². The van der Waals surface area contributed by atoms with Crippen LogP contribution in [-0.2, 0) is 9.53 Å². The van der Waals surface area contributed by atoms with Gasteiger partial charge in [-0.25, -0.2) is 4.79 Å². The first-order valence-corrected chi connectivity index (χ1v) is 11.5. The summed E-state index contributed by atoms with van der Waals surface area (Å²) in [5, 5.41) is 18.2. The molecule has 2 aromatic carbocycles. The smallest absolute Gasteiger partial charge is 0.414 e. The fourth-order valence-electron chi connectivity index (χ4n) is 4.39. The number of benzene rings is 2. The fourth-order valence-corrected chi connectivity index (χ4v) is 4.39. The molecule has 0 radical (unpaired) electrons. The van der Waals surface area contributed by atoms with Crippen LogP contribution in [0.3, 0.4) is 0 Å². The van der Waals surface area contributed by atoms with Crippen molar-refractivity contribution in [1.29, 1.82) is 0 Å². The number of carbonyl (C=O) groups excluding carboxylic acids is 2. The minimum absolute atomic E-state index is 0.0455. The summed E-state index contributed by atoms with van der Waals surface area (Å²) >= 11 is 0. The van der Waals surface area contributed by atoms with Gasteiger partial charge in [-0.3, -0.25) is 14.9 Å². The molecule has 1 heterocycles. The maximum absolute atomic E-state index is 12.4. The Morgan fingerprint density at radius 1 is 1.03 bits per heavy atom. The lowest BCUT2D eigenvalue weighted by molar-refractivity contribution is -0.149. The number of aromatic nitrogens is 1. The summed E-state index contributed by atoms with van der Waals surface area (Å²) in [7, 11) is 0. The zero-order valence-electron chi connectivity index (χ0n) is 19.5. The molecule has 3 N–H and O–H groups in total. The molecule has 0 fully saturated rings. The Hall–Kier alpha value is -4.14. The first-order chi connectivity index (χ1) is 16.9. The summed E-state index contributed by atoms with van der Waals surface area (Å²) in [6.45, 7) is 3.61. The number of carboxylic acids is 1. The van der Waals surface area contributed by atoms with Crippen molar-refractivity contribution in [2.75, 3.05) is 18.5 Å². The average Bonchev–Trinajstić information content (AvgIpc) is 3.46. The normalized spacial score (nSPS) is 12.5. The maximum atomic E-state index is 12.4. The highest BCUT2D eigenvalue weighted by atomic mass is 16.6. The van der Waals surface area contributed by atoms with E-state index in [1.165, 1.54) is 6.07 Å². The van der Waals surface area contributed by atoms with Crippen molar-refractivity contribution >= 4 is 23.9 Å². The van der Waals surface area contributed by atoms with Crippen molar-refractivity contribution in [2.45, 2.75) is 32.6 Å². The average molecular weight is 478 g/mol. The van der Waals surface area contributed by atoms with Crippen LogP contribution in [0.5, 0.6) is 0 Å². The van der Waals surface area contributed by atoms with Crippen LogP contribution in [0.4, 0.5) is 10.7 Å². The molecule has 9 nitrogen and oxygen atoms in total. The highest BCUT2D eigenvalue weighted by Gasteiger charge is 2.35.